The highest BCUT2D eigenvalue weighted by Gasteiger charge is 2.49. The molecule has 2 atom stereocenters. The van der Waals surface area contributed by atoms with E-state index in [1.165, 1.54) is 0 Å². The third-order valence-electron chi connectivity index (χ3n) is 7.28. The van der Waals surface area contributed by atoms with Crippen molar-refractivity contribution in [1.29, 1.82) is 0 Å². The van der Waals surface area contributed by atoms with Gasteiger partial charge in [-0.05, 0) is 34.9 Å². The van der Waals surface area contributed by atoms with Crippen LogP contribution in [-0.4, -0.2) is 75.0 Å². The summed E-state index contributed by atoms with van der Waals surface area (Å²) in [4.78, 5) is 42.5. The quantitative estimate of drug-likeness (QED) is 0.302. The lowest BCUT2D eigenvalue weighted by molar-refractivity contribution is -0.217. The van der Waals surface area contributed by atoms with Crippen LogP contribution in [0.15, 0.2) is 91.5 Å². The summed E-state index contributed by atoms with van der Waals surface area (Å²) in [7, 11) is 0. The van der Waals surface area contributed by atoms with Gasteiger partial charge in [-0.15, -0.1) is 6.58 Å². The van der Waals surface area contributed by atoms with Crippen LogP contribution in [0.4, 0.5) is 0 Å². The Morgan fingerprint density at radius 3 is 2.42 bits per heavy atom. The van der Waals surface area contributed by atoms with Gasteiger partial charge in [0, 0.05) is 31.6 Å². The summed E-state index contributed by atoms with van der Waals surface area (Å²) < 4.78 is 0. The van der Waals surface area contributed by atoms with Crippen molar-refractivity contribution in [1.82, 2.24) is 25.4 Å². The van der Waals surface area contributed by atoms with Crippen LogP contribution in [0, 0.1) is 0 Å². The lowest BCUT2D eigenvalue weighted by atomic mass is 9.98. The highest BCUT2D eigenvalue weighted by Crippen LogP contribution is 2.29. The van der Waals surface area contributed by atoms with Crippen molar-refractivity contribution < 1.29 is 19.5 Å². The summed E-state index contributed by atoms with van der Waals surface area (Å²) in [5.74, 6) is -0.155. The minimum absolute atomic E-state index is 0.102. The molecule has 2 fully saturated rings. The Hall–Kier alpha value is -4.31. The number of hydrazine groups is 2. The Morgan fingerprint density at radius 1 is 0.950 bits per heavy atom. The second-order valence-corrected chi connectivity index (χ2v) is 10.1. The maximum atomic E-state index is 14.0. The standard InChI is InChI=1S/C31H33N5O4/c1-2-15-34-21-30(39)35-28(17-23-11-13-27(38)14-12-23)31(40)33(19-25-9-6-10-26(16-25)22-37)20-29(35)36(34)32-18-24-7-4-3-5-8-24/h2-14,16,22,28-29,32,38H,1,15,17-21H2/t28-,29-/m0/s1. The lowest BCUT2D eigenvalue weighted by Crippen LogP contribution is -2.77. The molecule has 2 aliphatic heterocycles. The highest BCUT2D eigenvalue weighted by atomic mass is 16.3. The number of aromatic hydroxyl groups is 1. The van der Waals surface area contributed by atoms with Crippen molar-refractivity contribution in [2.75, 3.05) is 19.6 Å². The first-order valence-electron chi connectivity index (χ1n) is 13.3. The molecule has 40 heavy (non-hydrogen) atoms. The van der Waals surface area contributed by atoms with Crippen LogP contribution >= 0.6 is 0 Å². The Kier molecular flexibility index (Phi) is 8.35. The molecule has 0 bridgehead atoms. The number of piperazine rings is 1. The fourth-order valence-electron chi connectivity index (χ4n) is 5.39. The highest BCUT2D eigenvalue weighted by molar-refractivity contribution is 5.90. The van der Waals surface area contributed by atoms with Crippen LogP contribution in [0.1, 0.15) is 27.0 Å². The van der Waals surface area contributed by atoms with Gasteiger partial charge in [0.25, 0.3) is 0 Å². The summed E-state index contributed by atoms with van der Waals surface area (Å²) >= 11 is 0. The average molecular weight is 540 g/mol. The molecule has 2 aliphatic rings. The molecule has 0 radical (unpaired) electrons. The number of hydrogen-bond acceptors (Lipinski definition) is 7. The number of amides is 2. The number of nitrogens with zero attached hydrogens (tertiary/aromatic N) is 4. The molecule has 0 spiro atoms. The number of phenols is 1. The molecule has 5 rings (SSSR count). The van der Waals surface area contributed by atoms with Crippen molar-refractivity contribution in [2.24, 2.45) is 0 Å². The van der Waals surface area contributed by atoms with Crippen LogP contribution in [0.25, 0.3) is 0 Å². The second kappa shape index (κ2) is 12.3. The number of carbonyl (C=O) groups excluding carboxylic acids is 3. The minimum atomic E-state index is -0.739. The van der Waals surface area contributed by atoms with Crippen molar-refractivity contribution in [3.63, 3.8) is 0 Å². The number of fused-ring (bicyclic) bond motifs is 1. The summed E-state index contributed by atoms with van der Waals surface area (Å²) in [6.07, 6.45) is 2.38. The smallest absolute Gasteiger partial charge is 0.246 e. The first-order valence-corrected chi connectivity index (χ1v) is 13.3. The number of phenolic OH excluding ortho intramolecular Hbond substituents is 1. The van der Waals surface area contributed by atoms with Gasteiger partial charge < -0.3 is 14.9 Å². The molecule has 0 unspecified atom stereocenters. The number of hydrogen-bond donors (Lipinski definition) is 2. The van der Waals surface area contributed by atoms with Crippen LogP contribution in [0.3, 0.4) is 0 Å². The van der Waals surface area contributed by atoms with E-state index < -0.39 is 12.2 Å². The molecule has 2 heterocycles. The zero-order valence-electron chi connectivity index (χ0n) is 22.2. The summed E-state index contributed by atoms with van der Waals surface area (Å²) in [6.45, 7) is 5.55. The molecular weight excluding hydrogens is 506 g/mol. The van der Waals surface area contributed by atoms with Crippen LogP contribution < -0.4 is 5.43 Å². The van der Waals surface area contributed by atoms with E-state index in [-0.39, 0.29) is 30.7 Å². The topological polar surface area (TPSA) is 96.4 Å². The molecule has 9 nitrogen and oxygen atoms in total. The Morgan fingerprint density at radius 2 is 1.70 bits per heavy atom. The predicted octanol–water partition coefficient (Wildman–Crippen LogP) is 2.74. The fraction of sp³-hybridized carbons (Fsp3) is 0.258. The second-order valence-electron chi connectivity index (χ2n) is 10.1. The van der Waals surface area contributed by atoms with E-state index in [1.807, 2.05) is 46.5 Å². The minimum Gasteiger partial charge on any atom is -0.508 e. The lowest BCUT2D eigenvalue weighted by Gasteiger charge is -2.55. The van der Waals surface area contributed by atoms with Crippen LogP contribution in [0.5, 0.6) is 5.75 Å². The Bertz CT molecular complexity index is 1360. The van der Waals surface area contributed by atoms with Gasteiger partial charge in [0.05, 0.1) is 13.1 Å². The van der Waals surface area contributed by atoms with E-state index in [1.54, 1.807) is 58.3 Å². The number of nitrogens with one attached hydrogen (secondary N) is 1. The van der Waals surface area contributed by atoms with E-state index in [0.717, 1.165) is 23.0 Å². The summed E-state index contributed by atoms with van der Waals surface area (Å²) in [5, 5.41) is 13.6. The molecule has 2 N–H and O–H groups in total. The van der Waals surface area contributed by atoms with Crippen LogP contribution in [0.2, 0.25) is 0 Å². The van der Waals surface area contributed by atoms with Gasteiger partial charge >= 0.3 is 0 Å². The van der Waals surface area contributed by atoms with Gasteiger partial charge in [0.15, 0.2) is 0 Å². The molecule has 0 aromatic heterocycles. The maximum Gasteiger partial charge on any atom is 0.246 e. The Labute approximate surface area is 233 Å². The van der Waals surface area contributed by atoms with Gasteiger partial charge in [-0.3, -0.25) is 14.4 Å². The average Bonchev–Trinajstić information content (AvgIpc) is 2.97. The van der Waals surface area contributed by atoms with Gasteiger partial charge in [0.2, 0.25) is 11.8 Å². The van der Waals surface area contributed by atoms with E-state index in [4.69, 9.17) is 0 Å². The Balaban J connectivity index is 1.49. The molecule has 3 aromatic rings. The zero-order valence-corrected chi connectivity index (χ0v) is 22.2. The molecule has 2 amide bonds. The number of aldehydes is 1. The fourth-order valence-corrected chi connectivity index (χ4v) is 5.39. The summed E-state index contributed by atoms with van der Waals surface area (Å²) in [6, 6.07) is 23.2. The predicted molar refractivity (Wildman–Crippen MR) is 150 cm³/mol. The SMILES string of the molecule is C=CCN1CC(=O)N2[C@@H](Cc3ccc(O)cc3)C(=O)N(Cc3cccc(C=O)c3)C[C@@H]2N1NCc1ccccc1. The third kappa shape index (κ3) is 5.96. The number of rotatable bonds is 10. The van der Waals surface area contributed by atoms with Gasteiger partial charge in [-0.1, -0.05) is 66.7 Å². The van der Waals surface area contributed by atoms with E-state index in [9.17, 15) is 19.5 Å². The molecule has 3 aromatic carbocycles. The molecule has 206 valence electrons. The van der Waals surface area contributed by atoms with Crippen molar-refractivity contribution in [3.05, 3.63) is 114 Å². The van der Waals surface area contributed by atoms with Crippen molar-refractivity contribution in [3.8, 4) is 5.75 Å². The third-order valence-corrected chi connectivity index (χ3v) is 7.28. The molecule has 2 saturated heterocycles. The van der Waals surface area contributed by atoms with E-state index in [2.05, 4.69) is 12.0 Å². The molecule has 0 saturated carbocycles. The van der Waals surface area contributed by atoms with Gasteiger partial charge in [-0.25, -0.2) is 10.4 Å². The first-order chi connectivity index (χ1) is 19.5. The molecular formula is C31H33N5O4. The monoisotopic (exact) mass is 539 g/mol. The number of benzene rings is 3. The normalized spacial score (nSPS) is 19.9. The first kappa shape index (κ1) is 27.3. The van der Waals surface area contributed by atoms with Crippen LogP contribution in [-0.2, 0) is 29.1 Å². The number of carbonyl (C=O) groups is 3. The molecule has 9 heteroatoms. The summed E-state index contributed by atoms with van der Waals surface area (Å²) in [5.41, 5.74) is 6.80. The van der Waals surface area contributed by atoms with Crippen molar-refractivity contribution >= 4 is 18.1 Å². The largest absolute Gasteiger partial charge is 0.508 e. The molecule has 0 aliphatic carbocycles. The van der Waals surface area contributed by atoms with Gasteiger partial charge in [0.1, 0.15) is 24.2 Å². The van der Waals surface area contributed by atoms with E-state index >= 15 is 0 Å². The van der Waals surface area contributed by atoms with E-state index in [0.29, 0.717) is 31.6 Å². The van der Waals surface area contributed by atoms with Crippen molar-refractivity contribution in [2.45, 2.75) is 31.7 Å². The van der Waals surface area contributed by atoms with Gasteiger partial charge in [-0.2, -0.15) is 5.12 Å². The zero-order chi connectivity index (χ0) is 28.1. The maximum absolute atomic E-state index is 14.0.